The quantitative estimate of drug-likeness (QED) is 0.743. The molecule has 2 heterocycles. The van der Waals surface area contributed by atoms with Crippen LogP contribution in [0, 0.1) is 0 Å². The molecule has 0 bridgehead atoms. The maximum absolute atomic E-state index is 13.0. The number of aromatic nitrogens is 2. The summed E-state index contributed by atoms with van der Waals surface area (Å²) in [6, 6.07) is 9.62. The topological polar surface area (TPSA) is 94.0 Å². The van der Waals surface area contributed by atoms with E-state index >= 15 is 0 Å². The number of carbonyl (C=O) groups excluding carboxylic acids is 1. The molecule has 0 radical (unpaired) electrons. The molecule has 3 aromatic rings. The van der Waals surface area contributed by atoms with Gasteiger partial charge in [-0.2, -0.15) is 13.2 Å². The number of nitrogens with zero attached hydrogens (tertiary/aromatic N) is 2. The van der Waals surface area contributed by atoms with Crippen LogP contribution in [-0.4, -0.2) is 15.9 Å². The third kappa shape index (κ3) is 3.82. The summed E-state index contributed by atoms with van der Waals surface area (Å²) in [6.45, 7) is -0.311. The van der Waals surface area contributed by atoms with Crippen molar-refractivity contribution < 1.29 is 22.4 Å². The van der Waals surface area contributed by atoms with Gasteiger partial charge in [0.15, 0.2) is 5.76 Å². The third-order valence-electron chi connectivity index (χ3n) is 3.51. The molecule has 9 heteroatoms. The number of anilines is 1. The van der Waals surface area contributed by atoms with E-state index in [0.29, 0.717) is 11.5 Å². The second kappa shape index (κ2) is 6.87. The molecule has 0 aliphatic rings. The molecule has 0 unspecified atom stereocenters. The van der Waals surface area contributed by atoms with Gasteiger partial charge in [-0.05, 0) is 29.8 Å². The van der Waals surface area contributed by atoms with Crippen LogP contribution in [0.3, 0.4) is 0 Å². The maximum Gasteiger partial charge on any atom is 0.416 e. The van der Waals surface area contributed by atoms with Crippen molar-refractivity contribution in [1.82, 2.24) is 15.3 Å². The number of benzene rings is 1. The van der Waals surface area contributed by atoms with Crippen molar-refractivity contribution in [3.63, 3.8) is 0 Å². The van der Waals surface area contributed by atoms with Gasteiger partial charge in [0.1, 0.15) is 11.4 Å². The Morgan fingerprint density at radius 2 is 1.92 bits per heavy atom. The molecule has 1 amide bonds. The predicted molar refractivity (Wildman–Crippen MR) is 86.8 cm³/mol. The number of hydrogen-bond acceptors (Lipinski definition) is 5. The second-order valence-corrected chi connectivity index (χ2v) is 5.31. The number of rotatable bonds is 4. The Labute approximate surface area is 145 Å². The second-order valence-electron chi connectivity index (χ2n) is 5.31. The van der Waals surface area contributed by atoms with E-state index in [-0.39, 0.29) is 23.8 Å². The molecule has 3 rings (SSSR count). The monoisotopic (exact) mass is 362 g/mol. The van der Waals surface area contributed by atoms with Gasteiger partial charge in [-0.3, -0.25) is 4.79 Å². The van der Waals surface area contributed by atoms with Crippen LogP contribution in [0.25, 0.3) is 11.5 Å². The summed E-state index contributed by atoms with van der Waals surface area (Å²) in [4.78, 5) is 20.1. The summed E-state index contributed by atoms with van der Waals surface area (Å²) >= 11 is 0. The number of alkyl halides is 3. The van der Waals surface area contributed by atoms with E-state index in [1.54, 1.807) is 12.1 Å². The zero-order chi connectivity index (χ0) is 18.7. The van der Waals surface area contributed by atoms with Crippen molar-refractivity contribution >= 4 is 11.9 Å². The number of hydrogen-bond donors (Lipinski definition) is 2. The normalized spacial score (nSPS) is 11.3. The highest BCUT2D eigenvalue weighted by molar-refractivity contribution is 5.93. The van der Waals surface area contributed by atoms with E-state index in [1.165, 1.54) is 30.5 Å². The lowest BCUT2D eigenvalue weighted by atomic mass is 10.1. The smallest absolute Gasteiger partial charge is 0.416 e. The van der Waals surface area contributed by atoms with E-state index in [1.807, 2.05) is 0 Å². The molecular formula is C17H13F3N4O2. The Kier molecular flexibility index (Phi) is 4.61. The van der Waals surface area contributed by atoms with Gasteiger partial charge < -0.3 is 15.5 Å². The van der Waals surface area contributed by atoms with Crippen molar-refractivity contribution in [1.29, 1.82) is 0 Å². The van der Waals surface area contributed by atoms with Crippen molar-refractivity contribution in [3.05, 3.63) is 65.5 Å². The van der Waals surface area contributed by atoms with E-state index in [9.17, 15) is 18.0 Å². The molecule has 6 nitrogen and oxygen atoms in total. The van der Waals surface area contributed by atoms with E-state index in [0.717, 1.165) is 6.07 Å². The van der Waals surface area contributed by atoms with E-state index in [4.69, 9.17) is 10.2 Å². The fourth-order valence-electron chi connectivity index (χ4n) is 2.35. The molecule has 0 fully saturated rings. The first-order valence-corrected chi connectivity index (χ1v) is 7.46. The average molecular weight is 362 g/mol. The number of nitrogens with one attached hydrogen (secondary N) is 1. The molecule has 0 aliphatic heterocycles. The minimum absolute atomic E-state index is 0.0540. The number of nitrogen functional groups attached to an aromatic ring is 1. The lowest BCUT2D eigenvalue weighted by Gasteiger charge is -2.13. The van der Waals surface area contributed by atoms with Crippen LogP contribution in [0.4, 0.5) is 19.1 Å². The SMILES string of the molecule is Nc1nc(C(=O)NCc2ccccc2C(F)(F)F)cc(-c2ccco2)n1. The van der Waals surface area contributed by atoms with Crippen LogP contribution in [-0.2, 0) is 12.7 Å². The summed E-state index contributed by atoms with van der Waals surface area (Å²) in [6.07, 6.45) is -3.07. The number of halogens is 3. The fraction of sp³-hybridized carbons (Fsp3) is 0.118. The van der Waals surface area contributed by atoms with E-state index < -0.39 is 17.6 Å². The Hall–Kier alpha value is -3.36. The summed E-state index contributed by atoms with van der Waals surface area (Å²) in [5.74, 6) is -0.445. The van der Waals surface area contributed by atoms with E-state index in [2.05, 4.69) is 15.3 Å². The maximum atomic E-state index is 13.0. The minimum atomic E-state index is -4.51. The zero-order valence-electron chi connectivity index (χ0n) is 13.2. The molecular weight excluding hydrogens is 349 g/mol. The van der Waals surface area contributed by atoms with Gasteiger partial charge in [0.25, 0.3) is 5.91 Å². The Morgan fingerprint density at radius 3 is 2.62 bits per heavy atom. The first-order valence-electron chi connectivity index (χ1n) is 7.46. The van der Waals surface area contributed by atoms with Gasteiger partial charge in [0.05, 0.1) is 11.8 Å². The Morgan fingerprint density at radius 1 is 1.15 bits per heavy atom. The molecule has 2 aromatic heterocycles. The van der Waals surface area contributed by atoms with Crippen molar-refractivity contribution in [3.8, 4) is 11.5 Å². The van der Waals surface area contributed by atoms with Gasteiger partial charge in [0, 0.05) is 6.54 Å². The molecule has 26 heavy (non-hydrogen) atoms. The van der Waals surface area contributed by atoms with Crippen LogP contribution >= 0.6 is 0 Å². The lowest BCUT2D eigenvalue weighted by Crippen LogP contribution is -2.26. The van der Waals surface area contributed by atoms with Gasteiger partial charge in [0.2, 0.25) is 5.95 Å². The molecule has 0 spiro atoms. The Balaban J connectivity index is 1.80. The van der Waals surface area contributed by atoms with Crippen molar-refractivity contribution in [2.24, 2.45) is 0 Å². The Bertz CT molecular complexity index is 924. The first-order chi connectivity index (χ1) is 12.3. The van der Waals surface area contributed by atoms with Gasteiger partial charge in [-0.1, -0.05) is 18.2 Å². The summed E-state index contributed by atoms with van der Waals surface area (Å²) < 4.78 is 44.2. The van der Waals surface area contributed by atoms with Crippen LogP contribution in [0.5, 0.6) is 0 Å². The summed E-state index contributed by atoms with van der Waals surface area (Å²) in [5, 5.41) is 2.41. The van der Waals surface area contributed by atoms with Crippen LogP contribution in [0.1, 0.15) is 21.6 Å². The molecule has 0 saturated heterocycles. The van der Waals surface area contributed by atoms with Crippen molar-refractivity contribution in [2.45, 2.75) is 12.7 Å². The number of nitrogens with two attached hydrogens (primary N) is 1. The highest BCUT2D eigenvalue weighted by Gasteiger charge is 2.32. The predicted octanol–water partition coefficient (Wildman–Crippen LogP) is 3.27. The summed E-state index contributed by atoms with van der Waals surface area (Å²) in [7, 11) is 0. The third-order valence-corrected chi connectivity index (χ3v) is 3.51. The molecule has 0 saturated carbocycles. The summed E-state index contributed by atoms with van der Waals surface area (Å²) in [5.41, 5.74) is 4.96. The van der Waals surface area contributed by atoms with Gasteiger partial charge in [-0.15, -0.1) is 0 Å². The fourth-order valence-corrected chi connectivity index (χ4v) is 2.35. The standard InChI is InChI=1S/C17H13F3N4O2/c18-17(19,20)11-5-2-1-4-10(11)9-22-15(25)13-8-12(23-16(21)24-13)14-6-3-7-26-14/h1-8H,9H2,(H,22,25)(H2,21,23,24). The first kappa shape index (κ1) is 17.5. The number of carbonyl (C=O) groups is 1. The van der Waals surface area contributed by atoms with Gasteiger partial charge in [-0.25, -0.2) is 9.97 Å². The number of furan rings is 1. The highest BCUT2D eigenvalue weighted by Crippen LogP contribution is 2.31. The number of amides is 1. The van der Waals surface area contributed by atoms with Crippen LogP contribution in [0.15, 0.2) is 53.1 Å². The van der Waals surface area contributed by atoms with Crippen LogP contribution < -0.4 is 11.1 Å². The molecule has 0 atom stereocenters. The van der Waals surface area contributed by atoms with Crippen molar-refractivity contribution in [2.75, 3.05) is 5.73 Å². The molecule has 3 N–H and O–H groups in total. The van der Waals surface area contributed by atoms with Crippen LogP contribution in [0.2, 0.25) is 0 Å². The molecule has 1 aromatic carbocycles. The van der Waals surface area contributed by atoms with Gasteiger partial charge >= 0.3 is 6.18 Å². The largest absolute Gasteiger partial charge is 0.463 e. The highest BCUT2D eigenvalue weighted by atomic mass is 19.4. The average Bonchev–Trinajstić information content (AvgIpc) is 3.13. The lowest BCUT2D eigenvalue weighted by molar-refractivity contribution is -0.138. The molecule has 134 valence electrons. The zero-order valence-corrected chi connectivity index (χ0v) is 13.2. The molecule has 0 aliphatic carbocycles. The minimum Gasteiger partial charge on any atom is -0.463 e.